The van der Waals surface area contributed by atoms with E-state index in [1.807, 2.05) is 12.1 Å². The number of ketones is 1. The third-order valence-corrected chi connectivity index (χ3v) is 4.02. The molecule has 0 unspecified atom stereocenters. The van der Waals surface area contributed by atoms with Gasteiger partial charge in [-0.25, -0.2) is 0 Å². The van der Waals surface area contributed by atoms with Crippen LogP contribution in [0.4, 0.5) is 5.69 Å². The van der Waals surface area contributed by atoms with Crippen molar-refractivity contribution in [2.24, 2.45) is 0 Å². The molecule has 1 fully saturated rings. The lowest BCUT2D eigenvalue weighted by Gasteiger charge is -2.32. The monoisotopic (exact) mass is 296 g/mol. The van der Waals surface area contributed by atoms with E-state index in [2.05, 4.69) is 10.2 Å². The van der Waals surface area contributed by atoms with Crippen molar-refractivity contribution in [3.8, 4) is 0 Å². The van der Waals surface area contributed by atoms with Gasteiger partial charge in [0.15, 0.2) is 0 Å². The second kappa shape index (κ2) is 7.07. The van der Waals surface area contributed by atoms with Crippen molar-refractivity contribution in [2.75, 3.05) is 25.0 Å². The number of hydrogen-bond donors (Lipinski definition) is 2. The van der Waals surface area contributed by atoms with Crippen molar-refractivity contribution in [1.82, 2.24) is 4.90 Å². The van der Waals surface area contributed by atoms with Crippen molar-refractivity contribution in [3.63, 3.8) is 0 Å². The molecule has 110 valence electrons. The van der Waals surface area contributed by atoms with E-state index in [0.29, 0.717) is 17.6 Å². The maximum Gasteiger partial charge on any atom is 0.143 e. The van der Waals surface area contributed by atoms with E-state index < -0.39 is 0 Å². The lowest BCUT2D eigenvalue weighted by Crippen LogP contribution is -2.41. The minimum atomic E-state index is -0.0643. The molecule has 0 atom stereocenters. The largest absolute Gasteiger partial charge is 0.392 e. The molecule has 0 amide bonds. The van der Waals surface area contributed by atoms with Crippen molar-refractivity contribution in [2.45, 2.75) is 32.4 Å². The van der Waals surface area contributed by atoms with Crippen LogP contribution in [0, 0.1) is 0 Å². The van der Waals surface area contributed by atoms with E-state index >= 15 is 0 Å². The number of Topliss-reactive ketones (excluding diaryl/α,β-unsaturated/α-hetero) is 1. The first-order valence-corrected chi connectivity index (χ1v) is 7.34. The number of carbonyl (C=O) groups excluding carboxylic acids is 1. The Hall–Kier alpha value is -1.10. The molecular weight excluding hydrogens is 276 g/mol. The topological polar surface area (TPSA) is 52.6 Å². The molecule has 1 saturated heterocycles. The SMILES string of the molecule is CC(=O)CN1CCC(Nc2cccc(Cl)c2CO)CC1. The highest BCUT2D eigenvalue weighted by Crippen LogP contribution is 2.26. The fourth-order valence-electron chi connectivity index (χ4n) is 2.62. The summed E-state index contributed by atoms with van der Waals surface area (Å²) in [4.78, 5) is 13.3. The maximum atomic E-state index is 11.1. The predicted molar refractivity (Wildman–Crippen MR) is 81.1 cm³/mol. The minimum absolute atomic E-state index is 0.0643. The summed E-state index contributed by atoms with van der Waals surface area (Å²) in [5.74, 6) is 0.216. The Kier molecular flexibility index (Phi) is 5.40. The molecule has 20 heavy (non-hydrogen) atoms. The number of hydrogen-bond acceptors (Lipinski definition) is 4. The highest BCUT2D eigenvalue weighted by molar-refractivity contribution is 6.31. The number of piperidine rings is 1. The number of anilines is 1. The first kappa shape index (κ1) is 15.3. The lowest BCUT2D eigenvalue weighted by atomic mass is 10.0. The third kappa shape index (κ3) is 3.95. The highest BCUT2D eigenvalue weighted by Gasteiger charge is 2.20. The molecule has 0 aliphatic carbocycles. The zero-order valence-electron chi connectivity index (χ0n) is 11.7. The van der Waals surface area contributed by atoms with Gasteiger partial charge in [0.25, 0.3) is 0 Å². The van der Waals surface area contributed by atoms with Crippen LogP contribution in [-0.2, 0) is 11.4 Å². The van der Waals surface area contributed by atoms with E-state index in [4.69, 9.17) is 11.6 Å². The van der Waals surface area contributed by atoms with Crippen LogP contribution < -0.4 is 5.32 Å². The number of aliphatic hydroxyl groups is 1. The van der Waals surface area contributed by atoms with Gasteiger partial charge in [0.05, 0.1) is 13.2 Å². The number of rotatable bonds is 5. The van der Waals surface area contributed by atoms with Crippen LogP contribution in [0.25, 0.3) is 0 Å². The van der Waals surface area contributed by atoms with Crippen molar-refractivity contribution < 1.29 is 9.90 Å². The summed E-state index contributed by atoms with van der Waals surface area (Å²) in [5, 5.41) is 13.4. The van der Waals surface area contributed by atoms with Crippen LogP contribution in [0.3, 0.4) is 0 Å². The first-order valence-electron chi connectivity index (χ1n) is 6.96. The van der Waals surface area contributed by atoms with E-state index in [-0.39, 0.29) is 12.4 Å². The number of aliphatic hydroxyl groups excluding tert-OH is 1. The second-order valence-electron chi connectivity index (χ2n) is 5.32. The number of halogens is 1. The van der Waals surface area contributed by atoms with Crippen LogP contribution >= 0.6 is 11.6 Å². The second-order valence-corrected chi connectivity index (χ2v) is 5.73. The Morgan fingerprint density at radius 1 is 1.45 bits per heavy atom. The molecule has 0 spiro atoms. The van der Waals surface area contributed by atoms with E-state index in [1.165, 1.54) is 0 Å². The van der Waals surface area contributed by atoms with Crippen LogP contribution in [0.15, 0.2) is 18.2 Å². The van der Waals surface area contributed by atoms with Gasteiger partial charge in [0.2, 0.25) is 0 Å². The minimum Gasteiger partial charge on any atom is -0.392 e. The number of carbonyl (C=O) groups is 1. The molecule has 0 aromatic heterocycles. The number of nitrogens with zero attached hydrogens (tertiary/aromatic N) is 1. The maximum absolute atomic E-state index is 11.1. The molecule has 1 aliphatic rings. The van der Waals surface area contributed by atoms with Crippen molar-refractivity contribution in [3.05, 3.63) is 28.8 Å². The standard InChI is InChI=1S/C15H21ClN2O2/c1-11(20)9-18-7-5-12(6-8-18)17-15-4-2-3-14(16)13(15)10-19/h2-4,12,17,19H,5-10H2,1H3. The molecule has 1 heterocycles. The quantitative estimate of drug-likeness (QED) is 0.875. The van der Waals surface area contributed by atoms with E-state index in [0.717, 1.165) is 37.2 Å². The summed E-state index contributed by atoms with van der Waals surface area (Å²) in [6, 6.07) is 5.98. The number of nitrogens with one attached hydrogen (secondary N) is 1. The molecule has 4 nitrogen and oxygen atoms in total. The van der Waals surface area contributed by atoms with E-state index in [1.54, 1.807) is 13.0 Å². The Morgan fingerprint density at radius 3 is 2.75 bits per heavy atom. The summed E-state index contributed by atoms with van der Waals surface area (Å²) < 4.78 is 0. The molecule has 0 saturated carbocycles. The van der Waals surface area contributed by atoms with Crippen LogP contribution in [-0.4, -0.2) is 41.5 Å². The average molecular weight is 297 g/mol. The van der Waals surface area contributed by atoms with Gasteiger partial charge in [-0.3, -0.25) is 9.69 Å². The predicted octanol–water partition coefficient (Wildman–Crippen LogP) is 2.30. The summed E-state index contributed by atoms with van der Waals surface area (Å²) in [6.45, 7) is 3.96. The number of benzene rings is 1. The fraction of sp³-hybridized carbons (Fsp3) is 0.533. The van der Waals surface area contributed by atoms with E-state index in [9.17, 15) is 9.90 Å². The van der Waals surface area contributed by atoms with Crippen LogP contribution in [0.5, 0.6) is 0 Å². The summed E-state index contributed by atoms with van der Waals surface area (Å²) in [6.07, 6.45) is 1.98. The molecule has 1 aromatic carbocycles. The van der Waals surface area contributed by atoms with Gasteiger partial charge >= 0.3 is 0 Å². The van der Waals surface area contributed by atoms with Gasteiger partial charge in [0, 0.05) is 35.4 Å². The van der Waals surface area contributed by atoms with Crippen molar-refractivity contribution in [1.29, 1.82) is 0 Å². The molecule has 0 radical (unpaired) electrons. The molecule has 0 bridgehead atoms. The van der Waals surface area contributed by atoms with Gasteiger partial charge in [-0.2, -0.15) is 0 Å². The van der Waals surface area contributed by atoms with Gasteiger partial charge in [-0.1, -0.05) is 17.7 Å². The summed E-state index contributed by atoms with van der Waals surface area (Å²) in [7, 11) is 0. The molecule has 2 rings (SSSR count). The van der Waals surface area contributed by atoms with Gasteiger partial charge in [-0.15, -0.1) is 0 Å². The first-order chi connectivity index (χ1) is 9.60. The molecule has 2 N–H and O–H groups in total. The zero-order chi connectivity index (χ0) is 14.5. The highest BCUT2D eigenvalue weighted by atomic mass is 35.5. The molecule has 1 aromatic rings. The van der Waals surface area contributed by atoms with Gasteiger partial charge in [-0.05, 0) is 31.9 Å². The average Bonchev–Trinajstić information content (AvgIpc) is 2.41. The van der Waals surface area contributed by atoms with Gasteiger partial charge in [0.1, 0.15) is 5.78 Å². The lowest BCUT2D eigenvalue weighted by molar-refractivity contribution is -0.118. The fourth-order valence-corrected chi connectivity index (χ4v) is 2.86. The Morgan fingerprint density at radius 2 is 2.15 bits per heavy atom. The Bertz CT molecular complexity index is 471. The molecule has 1 aliphatic heterocycles. The molecular formula is C15H21ClN2O2. The Balaban J connectivity index is 1.93. The molecule has 5 heteroatoms. The van der Waals surface area contributed by atoms with Gasteiger partial charge < -0.3 is 10.4 Å². The Labute approximate surface area is 124 Å². The summed E-state index contributed by atoms with van der Waals surface area (Å²) in [5.41, 5.74) is 1.66. The smallest absolute Gasteiger partial charge is 0.143 e. The van der Waals surface area contributed by atoms with Crippen LogP contribution in [0.1, 0.15) is 25.3 Å². The zero-order valence-corrected chi connectivity index (χ0v) is 12.5. The van der Waals surface area contributed by atoms with Crippen molar-refractivity contribution >= 4 is 23.1 Å². The van der Waals surface area contributed by atoms with Crippen LogP contribution in [0.2, 0.25) is 5.02 Å². The normalized spacial score (nSPS) is 17.1. The third-order valence-electron chi connectivity index (χ3n) is 3.67. The summed E-state index contributed by atoms with van der Waals surface area (Å²) >= 11 is 6.08. The number of likely N-dealkylation sites (tertiary alicyclic amines) is 1.